The smallest absolute Gasteiger partial charge is 0.312 e. The summed E-state index contributed by atoms with van der Waals surface area (Å²) in [5.74, 6) is 0.133. The summed E-state index contributed by atoms with van der Waals surface area (Å²) in [6.45, 7) is 4.12. The zero-order valence-electron chi connectivity index (χ0n) is 9.53. The van der Waals surface area contributed by atoms with Crippen LogP contribution in [-0.2, 0) is 14.3 Å². The Balaban J connectivity index is 2.27. The van der Waals surface area contributed by atoms with Crippen LogP contribution in [0.15, 0.2) is 11.6 Å². The van der Waals surface area contributed by atoms with E-state index in [-0.39, 0.29) is 24.1 Å². The Hall–Kier alpha value is -0.830. The molecule has 1 aliphatic heterocycles. The normalized spacial score (nSPS) is 39.7. The maximum Gasteiger partial charge on any atom is 0.312 e. The van der Waals surface area contributed by atoms with Crippen LogP contribution in [0.25, 0.3) is 0 Å². The molecular weight excluding hydrogens is 192 g/mol. The first-order chi connectivity index (χ1) is 7.17. The van der Waals surface area contributed by atoms with Crippen molar-refractivity contribution in [2.24, 2.45) is 11.8 Å². The third-order valence-electron chi connectivity index (χ3n) is 3.62. The number of cyclic esters (lactones) is 1. The maximum absolute atomic E-state index is 11.7. The predicted molar refractivity (Wildman–Crippen MR) is 56.3 cm³/mol. The summed E-state index contributed by atoms with van der Waals surface area (Å²) < 4.78 is 10.7. The van der Waals surface area contributed by atoms with Crippen LogP contribution in [0.4, 0.5) is 0 Å². The molecule has 0 unspecified atom stereocenters. The lowest BCUT2D eigenvalue weighted by molar-refractivity contribution is -0.146. The SMILES string of the molecule is CCC1=C[C@@H](OC)[C@@H]2C(=O)O[C@@H](C)[C@@H]2C1. The first kappa shape index (κ1) is 10.7. The lowest BCUT2D eigenvalue weighted by Gasteiger charge is -2.29. The van der Waals surface area contributed by atoms with Gasteiger partial charge < -0.3 is 9.47 Å². The largest absolute Gasteiger partial charge is 0.462 e. The van der Waals surface area contributed by atoms with E-state index in [1.54, 1.807) is 7.11 Å². The molecular formula is C12H18O3. The van der Waals surface area contributed by atoms with Gasteiger partial charge >= 0.3 is 5.97 Å². The van der Waals surface area contributed by atoms with Crippen molar-refractivity contribution in [3.63, 3.8) is 0 Å². The number of carbonyl (C=O) groups is 1. The highest BCUT2D eigenvalue weighted by Gasteiger charge is 2.48. The molecule has 84 valence electrons. The zero-order valence-corrected chi connectivity index (χ0v) is 9.53. The lowest BCUT2D eigenvalue weighted by Crippen LogP contribution is -2.34. The maximum atomic E-state index is 11.7. The average Bonchev–Trinajstić information content (AvgIpc) is 2.53. The van der Waals surface area contributed by atoms with Crippen molar-refractivity contribution in [1.82, 2.24) is 0 Å². The molecule has 0 radical (unpaired) electrons. The number of allylic oxidation sites excluding steroid dienone is 1. The average molecular weight is 210 g/mol. The molecule has 0 saturated carbocycles. The third-order valence-corrected chi connectivity index (χ3v) is 3.62. The first-order valence-corrected chi connectivity index (χ1v) is 5.60. The second-order valence-corrected chi connectivity index (χ2v) is 4.41. The van der Waals surface area contributed by atoms with Crippen molar-refractivity contribution in [1.29, 1.82) is 0 Å². The van der Waals surface area contributed by atoms with Gasteiger partial charge in [-0.25, -0.2) is 0 Å². The molecule has 1 heterocycles. The van der Waals surface area contributed by atoms with Crippen molar-refractivity contribution in [2.75, 3.05) is 7.11 Å². The van der Waals surface area contributed by atoms with Crippen LogP contribution in [0.5, 0.6) is 0 Å². The van der Waals surface area contributed by atoms with E-state index in [4.69, 9.17) is 9.47 Å². The summed E-state index contributed by atoms with van der Waals surface area (Å²) in [5.41, 5.74) is 1.38. The summed E-state index contributed by atoms with van der Waals surface area (Å²) in [5, 5.41) is 0. The van der Waals surface area contributed by atoms with Crippen LogP contribution < -0.4 is 0 Å². The van der Waals surface area contributed by atoms with Gasteiger partial charge in [-0.15, -0.1) is 0 Å². The van der Waals surface area contributed by atoms with E-state index in [1.807, 2.05) is 6.92 Å². The zero-order chi connectivity index (χ0) is 11.0. The number of hydrogen-bond donors (Lipinski definition) is 0. The summed E-state index contributed by atoms with van der Waals surface area (Å²) in [7, 11) is 1.66. The fraction of sp³-hybridized carbons (Fsp3) is 0.750. The second-order valence-electron chi connectivity index (χ2n) is 4.41. The van der Waals surface area contributed by atoms with Crippen LogP contribution in [0.3, 0.4) is 0 Å². The number of carbonyl (C=O) groups excluding carboxylic acids is 1. The number of fused-ring (bicyclic) bond motifs is 1. The first-order valence-electron chi connectivity index (χ1n) is 5.60. The molecule has 0 aromatic heterocycles. The molecule has 0 spiro atoms. The molecule has 0 aromatic carbocycles. The van der Waals surface area contributed by atoms with Gasteiger partial charge in [0.25, 0.3) is 0 Å². The molecule has 3 heteroatoms. The van der Waals surface area contributed by atoms with E-state index in [0.29, 0.717) is 5.92 Å². The van der Waals surface area contributed by atoms with Crippen molar-refractivity contribution < 1.29 is 14.3 Å². The number of rotatable bonds is 2. The van der Waals surface area contributed by atoms with Gasteiger partial charge in [-0.05, 0) is 19.8 Å². The molecule has 0 aromatic rings. The van der Waals surface area contributed by atoms with Crippen molar-refractivity contribution in [3.05, 3.63) is 11.6 Å². The Morgan fingerprint density at radius 2 is 2.33 bits per heavy atom. The Bertz CT molecular complexity index is 295. The molecule has 0 N–H and O–H groups in total. The minimum absolute atomic E-state index is 0.0374. The van der Waals surface area contributed by atoms with Crippen LogP contribution in [0, 0.1) is 11.8 Å². The fourth-order valence-corrected chi connectivity index (χ4v) is 2.67. The molecule has 2 aliphatic rings. The van der Waals surface area contributed by atoms with E-state index >= 15 is 0 Å². The van der Waals surface area contributed by atoms with Crippen LogP contribution >= 0.6 is 0 Å². The molecule has 0 bridgehead atoms. The second kappa shape index (κ2) is 3.97. The highest BCUT2D eigenvalue weighted by Crippen LogP contribution is 2.41. The molecule has 3 nitrogen and oxygen atoms in total. The summed E-state index contributed by atoms with van der Waals surface area (Å²) in [4.78, 5) is 11.7. The monoisotopic (exact) mass is 210 g/mol. The van der Waals surface area contributed by atoms with Gasteiger partial charge in [0.15, 0.2) is 0 Å². The Labute approximate surface area is 90.4 Å². The number of methoxy groups -OCH3 is 1. The standard InChI is InChI=1S/C12H18O3/c1-4-8-5-9-7(2)15-12(13)11(9)10(6-8)14-3/h6-7,9-11H,4-5H2,1-3H3/t7-,9-,10+,11+/m0/s1. The summed E-state index contributed by atoms with van der Waals surface area (Å²) in [6, 6.07) is 0. The van der Waals surface area contributed by atoms with E-state index < -0.39 is 0 Å². The van der Waals surface area contributed by atoms with Gasteiger partial charge in [-0.3, -0.25) is 4.79 Å². The minimum Gasteiger partial charge on any atom is -0.462 e. The molecule has 4 atom stereocenters. The van der Waals surface area contributed by atoms with Crippen LogP contribution in [0.1, 0.15) is 26.7 Å². The van der Waals surface area contributed by atoms with Crippen molar-refractivity contribution >= 4 is 5.97 Å². The van der Waals surface area contributed by atoms with E-state index in [2.05, 4.69) is 13.0 Å². The summed E-state index contributed by atoms with van der Waals surface area (Å²) in [6.07, 6.45) is 4.06. The van der Waals surface area contributed by atoms with Gasteiger partial charge in [-0.2, -0.15) is 0 Å². The van der Waals surface area contributed by atoms with Gasteiger partial charge in [0.2, 0.25) is 0 Å². The quantitative estimate of drug-likeness (QED) is 0.516. The van der Waals surface area contributed by atoms with Crippen molar-refractivity contribution in [2.45, 2.75) is 38.9 Å². The van der Waals surface area contributed by atoms with E-state index in [0.717, 1.165) is 12.8 Å². The molecule has 2 rings (SSSR count). The van der Waals surface area contributed by atoms with Crippen LogP contribution in [0.2, 0.25) is 0 Å². The highest BCUT2D eigenvalue weighted by molar-refractivity contribution is 5.76. The molecule has 1 saturated heterocycles. The molecule has 1 aliphatic carbocycles. The van der Waals surface area contributed by atoms with Crippen molar-refractivity contribution in [3.8, 4) is 0 Å². The minimum atomic E-state index is -0.0919. The van der Waals surface area contributed by atoms with Gasteiger partial charge in [-0.1, -0.05) is 18.6 Å². The number of esters is 1. The van der Waals surface area contributed by atoms with Gasteiger partial charge in [0, 0.05) is 13.0 Å². The highest BCUT2D eigenvalue weighted by atomic mass is 16.6. The number of hydrogen-bond acceptors (Lipinski definition) is 3. The molecule has 1 fully saturated rings. The van der Waals surface area contributed by atoms with Crippen LogP contribution in [-0.4, -0.2) is 25.3 Å². The third kappa shape index (κ3) is 1.69. The topological polar surface area (TPSA) is 35.5 Å². The fourth-order valence-electron chi connectivity index (χ4n) is 2.67. The van der Waals surface area contributed by atoms with Gasteiger partial charge in [0.05, 0.1) is 12.0 Å². The number of ether oxygens (including phenoxy) is 2. The lowest BCUT2D eigenvalue weighted by atomic mass is 9.76. The Kier molecular flexibility index (Phi) is 2.83. The molecule has 15 heavy (non-hydrogen) atoms. The predicted octanol–water partition coefficient (Wildman–Crippen LogP) is 1.92. The van der Waals surface area contributed by atoms with E-state index in [1.165, 1.54) is 5.57 Å². The summed E-state index contributed by atoms with van der Waals surface area (Å²) >= 11 is 0. The van der Waals surface area contributed by atoms with Gasteiger partial charge in [0.1, 0.15) is 6.10 Å². The Morgan fingerprint density at radius 3 is 2.93 bits per heavy atom. The van der Waals surface area contributed by atoms with E-state index in [9.17, 15) is 4.79 Å². The Morgan fingerprint density at radius 1 is 1.60 bits per heavy atom. The molecule has 0 amide bonds.